The molecule has 0 saturated carbocycles. The van der Waals surface area contributed by atoms with Crippen LogP contribution < -0.4 is 0 Å². The van der Waals surface area contributed by atoms with Crippen LogP contribution in [0.25, 0.3) is 0 Å². The second-order valence-corrected chi connectivity index (χ2v) is 6.16. The van der Waals surface area contributed by atoms with Crippen LogP contribution in [0.3, 0.4) is 0 Å². The van der Waals surface area contributed by atoms with Crippen molar-refractivity contribution >= 4 is 5.91 Å². The molecule has 22 heavy (non-hydrogen) atoms. The summed E-state index contributed by atoms with van der Waals surface area (Å²) in [6.07, 6.45) is 7.89. The van der Waals surface area contributed by atoms with Crippen molar-refractivity contribution in [1.82, 2.24) is 4.90 Å². The van der Waals surface area contributed by atoms with Gasteiger partial charge in [-0.25, -0.2) is 0 Å². The monoisotopic (exact) mass is 305 g/mol. The Balaban J connectivity index is 1.74. The molecule has 2 aliphatic rings. The third-order valence-electron chi connectivity index (χ3n) is 4.67. The zero-order chi connectivity index (χ0) is 15.4. The Morgan fingerprint density at radius 2 is 2.50 bits per heavy atom. The maximum atomic E-state index is 12.6. The number of ether oxygens (including phenoxy) is 2. The molecule has 0 radical (unpaired) electrons. The number of hydrogen-bond donors (Lipinski definition) is 0. The highest BCUT2D eigenvalue weighted by atomic mass is 16.5. The molecule has 120 valence electrons. The van der Waals surface area contributed by atoms with Crippen molar-refractivity contribution in [3.63, 3.8) is 0 Å². The van der Waals surface area contributed by atoms with E-state index in [0.29, 0.717) is 25.3 Å². The van der Waals surface area contributed by atoms with Crippen LogP contribution in [-0.2, 0) is 9.47 Å². The van der Waals surface area contributed by atoms with Crippen LogP contribution in [0.15, 0.2) is 35.7 Å². The number of likely N-dealkylation sites (tertiary alicyclic amines) is 1. The zero-order valence-corrected chi connectivity index (χ0v) is 12.8. The molecule has 2 fully saturated rings. The molecule has 1 amide bonds. The van der Waals surface area contributed by atoms with Crippen LogP contribution in [0.1, 0.15) is 29.6 Å². The Morgan fingerprint density at radius 1 is 1.59 bits per heavy atom. The first-order chi connectivity index (χ1) is 10.7. The second kappa shape index (κ2) is 6.67. The summed E-state index contributed by atoms with van der Waals surface area (Å²) in [6.45, 7) is 7.04. The summed E-state index contributed by atoms with van der Waals surface area (Å²) in [5, 5.41) is 0. The first-order valence-electron chi connectivity index (χ1n) is 7.87. The fraction of sp³-hybridized carbons (Fsp3) is 0.588. The number of carbonyl (C=O) groups is 1. The Labute approximate surface area is 130 Å². The number of furan rings is 1. The molecule has 0 N–H and O–H groups in total. The van der Waals surface area contributed by atoms with Gasteiger partial charge in [0.05, 0.1) is 31.1 Å². The second-order valence-electron chi connectivity index (χ2n) is 6.16. The average Bonchev–Trinajstić information content (AvgIpc) is 3.08. The lowest BCUT2D eigenvalue weighted by Crippen LogP contribution is -2.58. The first-order valence-corrected chi connectivity index (χ1v) is 7.87. The lowest BCUT2D eigenvalue weighted by Gasteiger charge is -2.50. The largest absolute Gasteiger partial charge is 0.472 e. The number of amides is 1. The molecule has 0 unspecified atom stereocenters. The minimum atomic E-state index is -0.0983. The lowest BCUT2D eigenvalue weighted by molar-refractivity contribution is -0.144. The SMILES string of the molecule is C=CCOC[C@]12CCCO[C@@H]1CCN(C(=O)c1ccoc1)C2. The quantitative estimate of drug-likeness (QED) is 0.619. The van der Waals surface area contributed by atoms with Gasteiger partial charge in [0.25, 0.3) is 5.91 Å². The van der Waals surface area contributed by atoms with E-state index in [2.05, 4.69) is 6.58 Å². The van der Waals surface area contributed by atoms with E-state index >= 15 is 0 Å². The van der Waals surface area contributed by atoms with Crippen molar-refractivity contribution < 1.29 is 18.7 Å². The minimum Gasteiger partial charge on any atom is -0.472 e. The van der Waals surface area contributed by atoms with Crippen molar-refractivity contribution in [2.75, 3.05) is 32.9 Å². The van der Waals surface area contributed by atoms with Crippen LogP contribution in [0.4, 0.5) is 0 Å². The van der Waals surface area contributed by atoms with E-state index in [4.69, 9.17) is 13.9 Å². The van der Waals surface area contributed by atoms with Crippen LogP contribution in [0.2, 0.25) is 0 Å². The van der Waals surface area contributed by atoms with E-state index in [1.54, 1.807) is 12.1 Å². The molecule has 2 aliphatic heterocycles. The van der Waals surface area contributed by atoms with E-state index in [9.17, 15) is 4.79 Å². The number of hydrogen-bond acceptors (Lipinski definition) is 4. The van der Waals surface area contributed by atoms with E-state index in [0.717, 1.165) is 32.4 Å². The molecule has 0 aliphatic carbocycles. The highest BCUT2D eigenvalue weighted by Gasteiger charge is 2.47. The molecule has 1 aromatic heterocycles. The molecule has 5 heteroatoms. The van der Waals surface area contributed by atoms with Gasteiger partial charge in [0.1, 0.15) is 6.26 Å². The molecule has 5 nitrogen and oxygen atoms in total. The number of nitrogens with zero attached hydrogens (tertiary/aromatic N) is 1. The molecule has 3 heterocycles. The fourth-order valence-electron chi connectivity index (χ4n) is 3.59. The van der Waals surface area contributed by atoms with Gasteiger partial charge >= 0.3 is 0 Å². The normalized spacial score (nSPS) is 28.2. The van der Waals surface area contributed by atoms with Gasteiger partial charge in [-0.05, 0) is 25.3 Å². The van der Waals surface area contributed by atoms with Crippen molar-refractivity contribution in [3.8, 4) is 0 Å². The van der Waals surface area contributed by atoms with Gasteiger partial charge in [0.15, 0.2) is 0 Å². The summed E-state index contributed by atoms with van der Waals surface area (Å²) in [6, 6.07) is 1.71. The first kappa shape index (κ1) is 15.3. The van der Waals surface area contributed by atoms with Crippen LogP contribution >= 0.6 is 0 Å². The summed E-state index contributed by atoms with van der Waals surface area (Å²) < 4.78 is 16.7. The molecule has 0 aromatic carbocycles. The molecule has 0 bridgehead atoms. The van der Waals surface area contributed by atoms with E-state index < -0.39 is 0 Å². The zero-order valence-electron chi connectivity index (χ0n) is 12.8. The summed E-state index contributed by atoms with van der Waals surface area (Å²) in [5.41, 5.74) is 0.510. The fourth-order valence-corrected chi connectivity index (χ4v) is 3.59. The van der Waals surface area contributed by atoms with Crippen LogP contribution in [0.5, 0.6) is 0 Å². The summed E-state index contributed by atoms with van der Waals surface area (Å²) in [4.78, 5) is 14.5. The number of fused-ring (bicyclic) bond motifs is 1. The van der Waals surface area contributed by atoms with Crippen molar-refractivity contribution in [2.45, 2.75) is 25.4 Å². The van der Waals surface area contributed by atoms with Gasteiger partial charge in [-0.2, -0.15) is 0 Å². The molecule has 0 spiro atoms. The van der Waals surface area contributed by atoms with Crippen molar-refractivity contribution in [3.05, 3.63) is 36.8 Å². The lowest BCUT2D eigenvalue weighted by atomic mass is 9.73. The molecule has 2 saturated heterocycles. The molecule has 2 atom stereocenters. The van der Waals surface area contributed by atoms with E-state index in [-0.39, 0.29) is 17.4 Å². The number of rotatable bonds is 5. The predicted molar refractivity (Wildman–Crippen MR) is 81.7 cm³/mol. The Kier molecular flexibility index (Phi) is 4.64. The minimum absolute atomic E-state index is 0.0286. The summed E-state index contributed by atoms with van der Waals surface area (Å²) in [7, 11) is 0. The number of piperidine rings is 1. The Morgan fingerprint density at radius 3 is 3.27 bits per heavy atom. The smallest absolute Gasteiger partial charge is 0.257 e. The van der Waals surface area contributed by atoms with Crippen molar-refractivity contribution in [2.24, 2.45) is 5.41 Å². The topological polar surface area (TPSA) is 51.9 Å². The van der Waals surface area contributed by atoms with E-state index in [1.165, 1.54) is 12.5 Å². The molecule has 3 rings (SSSR count). The average molecular weight is 305 g/mol. The van der Waals surface area contributed by atoms with Gasteiger partial charge in [-0.1, -0.05) is 6.08 Å². The summed E-state index contributed by atoms with van der Waals surface area (Å²) in [5.74, 6) is 0.0286. The van der Waals surface area contributed by atoms with Gasteiger partial charge in [0.2, 0.25) is 0 Å². The summed E-state index contributed by atoms with van der Waals surface area (Å²) >= 11 is 0. The molecular formula is C17H23NO4. The number of carbonyl (C=O) groups excluding carboxylic acids is 1. The van der Waals surface area contributed by atoms with Gasteiger partial charge in [-0.3, -0.25) is 4.79 Å². The Hall–Kier alpha value is -1.59. The van der Waals surface area contributed by atoms with Crippen LogP contribution in [-0.4, -0.2) is 49.8 Å². The highest BCUT2D eigenvalue weighted by molar-refractivity contribution is 5.93. The standard InChI is InChI=1S/C17H23NO4/c1-2-8-21-13-17-6-3-9-22-15(17)4-7-18(12-17)16(19)14-5-10-20-11-14/h2,5,10-11,15H,1,3-4,6-9,12-13H2/t15-,17-/m1/s1. The molecule has 1 aromatic rings. The van der Waals surface area contributed by atoms with Crippen LogP contribution in [0, 0.1) is 5.41 Å². The third-order valence-corrected chi connectivity index (χ3v) is 4.67. The van der Waals surface area contributed by atoms with E-state index in [1.807, 2.05) is 4.90 Å². The predicted octanol–water partition coefficient (Wildman–Crippen LogP) is 2.49. The third kappa shape index (κ3) is 2.96. The highest BCUT2D eigenvalue weighted by Crippen LogP contribution is 2.40. The van der Waals surface area contributed by atoms with Gasteiger partial charge < -0.3 is 18.8 Å². The molecular weight excluding hydrogens is 282 g/mol. The van der Waals surface area contributed by atoms with Gasteiger partial charge in [-0.15, -0.1) is 6.58 Å². The maximum absolute atomic E-state index is 12.6. The maximum Gasteiger partial charge on any atom is 0.257 e. The Bertz CT molecular complexity index is 513. The van der Waals surface area contributed by atoms with Gasteiger partial charge in [0, 0.05) is 25.1 Å². The van der Waals surface area contributed by atoms with Crippen molar-refractivity contribution in [1.29, 1.82) is 0 Å².